The van der Waals surface area contributed by atoms with Gasteiger partial charge in [-0.15, -0.1) is 13.2 Å². The van der Waals surface area contributed by atoms with E-state index < -0.39 is 35.1 Å². The van der Waals surface area contributed by atoms with Crippen molar-refractivity contribution in [1.29, 1.82) is 0 Å². The van der Waals surface area contributed by atoms with Gasteiger partial charge >= 0.3 is 18.0 Å². The lowest BCUT2D eigenvalue weighted by Crippen LogP contribution is -2.20. The molecule has 1 aromatic rings. The minimum atomic E-state index is -5.14. The Hall–Kier alpha value is -1.66. The molecule has 0 saturated heterocycles. The number of carbonyl (C=O) groups is 1. The number of ether oxygens (including phenoxy) is 2. The fraction of sp³-hybridized carbons (Fsp3) is 0.333. The summed E-state index contributed by atoms with van der Waals surface area (Å²) in [5, 5.41) is 10.7. The van der Waals surface area contributed by atoms with Crippen molar-refractivity contribution < 1.29 is 32.4 Å². The summed E-state index contributed by atoms with van der Waals surface area (Å²) < 4.78 is 44.9. The number of nitro groups is 1. The van der Waals surface area contributed by atoms with Gasteiger partial charge in [0.15, 0.2) is 0 Å². The summed E-state index contributed by atoms with van der Waals surface area (Å²) in [7, 11) is 1.03. The SMILES string of the molecule is COC(=O)Cc1c(I)ncc([N+](=O)[O-])c1OC(F)(F)F. The van der Waals surface area contributed by atoms with E-state index in [1.54, 1.807) is 0 Å². The Morgan fingerprint density at radius 3 is 2.60 bits per heavy atom. The van der Waals surface area contributed by atoms with Crippen LogP contribution >= 0.6 is 22.6 Å². The quantitative estimate of drug-likeness (QED) is 0.250. The van der Waals surface area contributed by atoms with Crippen molar-refractivity contribution in [3.8, 4) is 5.75 Å². The van der Waals surface area contributed by atoms with E-state index in [0.29, 0.717) is 6.20 Å². The summed E-state index contributed by atoms with van der Waals surface area (Å²) in [4.78, 5) is 24.4. The summed E-state index contributed by atoms with van der Waals surface area (Å²) >= 11 is 1.54. The first-order valence-corrected chi connectivity index (χ1v) is 5.88. The molecule has 0 atom stereocenters. The maximum atomic E-state index is 12.3. The second-order valence-corrected chi connectivity index (χ2v) is 4.32. The molecular weight excluding hydrogens is 400 g/mol. The van der Waals surface area contributed by atoms with Gasteiger partial charge in [0.1, 0.15) is 9.90 Å². The Kier molecular flexibility index (Phi) is 5.08. The van der Waals surface area contributed by atoms with Gasteiger partial charge in [0, 0.05) is 5.56 Å². The molecule has 0 aromatic carbocycles. The Morgan fingerprint density at radius 2 is 2.15 bits per heavy atom. The fourth-order valence-electron chi connectivity index (χ4n) is 1.23. The molecule has 7 nitrogen and oxygen atoms in total. The Labute approximate surface area is 123 Å². The molecule has 110 valence electrons. The number of carbonyl (C=O) groups excluding carboxylic acids is 1. The van der Waals surface area contributed by atoms with Crippen LogP contribution in [0.1, 0.15) is 5.56 Å². The van der Waals surface area contributed by atoms with Gasteiger partial charge in [-0.1, -0.05) is 0 Å². The number of hydrogen-bond donors (Lipinski definition) is 0. The van der Waals surface area contributed by atoms with Crippen molar-refractivity contribution in [2.45, 2.75) is 12.8 Å². The molecule has 0 aliphatic rings. The number of halogens is 4. The third-order valence-electron chi connectivity index (χ3n) is 2.02. The van der Waals surface area contributed by atoms with Crippen molar-refractivity contribution in [3.63, 3.8) is 0 Å². The molecule has 0 amide bonds. The van der Waals surface area contributed by atoms with Crippen LogP contribution in [0.3, 0.4) is 0 Å². The van der Waals surface area contributed by atoms with Crippen LogP contribution in [-0.4, -0.2) is 29.3 Å². The van der Waals surface area contributed by atoms with Crippen LogP contribution in [0.4, 0.5) is 18.9 Å². The molecule has 0 radical (unpaired) electrons. The lowest BCUT2D eigenvalue weighted by Gasteiger charge is -2.13. The van der Waals surface area contributed by atoms with Gasteiger partial charge in [-0.05, 0) is 22.6 Å². The van der Waals surface area contributed by atoms with E-state index in [1.165, 1.54) is 22.6 Å². The second-order valence-electron chi connectivity index (χ2n) is 3.30. The van der Waals surface area contributed by atoms with E-state index in [0.717, 1.165) is 7.11 Å². The smallest absolute Gasteiger partial charge is 0.469 e. The molecule has 1 aromatic heterocycles. The van der Waals surface area contributed by atoms with Crippen LogP contribution in [0.2, 0.25) is 0 Å². The summed E-state index contributed by atoms with van der Waals surface area (Å²) in [6.07, 6.45) is -5.14. The highest BCUT2D eigenvalue weighted by Crippen LogP contribution is 2.37. The predicted molar refractivity (Wildman–Crippen MR) is 66.0 cm³/mol. The van der Waals surface area contributed by atoms with Gasteiger partial charge in [-0.3, -0.25) is 14.9 Å². The minimum absolute atomic E-state index is 0.0298. The summed E-state index contributed by atoms with van der Waals surface area (Å²) in [5.41, 5.74) is -1.34. The van der Waals surface area contributed by atoms with E-state index in [1.807, 2.05) is 0 Å². The van der Waals surface area contributed by atoms with Crippen LogP contribution in [0.25, 0.3) is 0 Å². The fourth-order valence-corrected chi connectivity index (χ4v) is 1.81. The van der Waals surface area contributed by atoms with Crippen LogP contribution in [0, 0.1) is 13.8 Å². The number of pyridine rings is 1. The van der Waals surface area contributed by atoms with E-state index in [4.69, 9.17) is 0 Å². The van der Waals surface area contributed by atoms with E-state index in [-0.39, 0.29) is 9.26 Å². The van der Waals surface area contributed by atoms with Crippen LogP contribution in [0.5, 0.6) is 5.75 Å². The first-order chi connectivity index (χ1) is 9.15. The Morgan fingerprint density at radius 1 is 1.55 bits per heavy atom. The van der Waals surface area contributed by atoms with E-state index in [2.05, 4.69) is 14.5 Å². The third kappa shape index (κ3) is 4.18. The summed E-state index contributed by atoms with van der Waals surface area (Å²) in [5.74, 6) is -1.94. The average Bonchev–Trinajstić information content (AvgIpc) is 2.31. The van der Waals surface area contributed by atoms with Crippen molar-refractivity contribution >= 4 is 34.2 Å². The lowest BCUT2D eigenvalue weighted by molar-refractivity contribution is -0.389. The number of methoxy groups -OCH3 is 1. The van der Waals surface area contributed by atoms with Gasteiger partial charge in [0.05, 0.1) is 18.5 Å². The highest BCUT2D eigenvalue weighted by Gasteiger charge is 2.37. The first kappa shape index (κ1) is 16.4. The molecule has 0 aliphatic heterocycles. The van der Waals surface area contributed by atoms with Crippen molar-refractivity contribution in [1.82, 2.24) is 4.98 Å². The van der Waals surface area contributed by atoms with Gasteiger partial charge < -0.3 is 9.47 Å². The Bertz CT molecular complexity index is 549. The third-order valence-corrected chi connectivity index (χ3v) is 2.95. The maximum absolute atomic E-state index is 12.3. The van der Waals surface area contributed by atoms with Gasteiger partial charge in [0.2, 0.25) is 5.75 Å². The average molecular weight is 406 g/mol. The van der Waals surface area contributed by atoms with Crippen molar-refractivity contribution in [3.05, 3.63) is 25.6 Å². The van der Waals surface area contributed by atoms with Gasteiger partial charge in [-0.2, -0.15) is 0 Å². The lowest BCUT2D eigenvalue weighted by atomic mass is 10.2. The minimum Gasteiger partial charge on any atom is -0.469 e. The summed E-state index contributed by atoms with van der Waals surface area (Å²) in [6, 6.07) is 0. The predicted octanol–water partition coefficient (Wildman–Crippen LogP) is 2.21. The van der Waals surface area contributed by atoms with Gasteiger partial charge in [-0.25, -0.2) is 4.98 Å². The van der Waals surface area contributed by atoms with Crippen molar-refractivity contribution in [2.75, 3.05) is 7.11 Å². The highest BCUT2D eigenvalue weighted by atomic mass is 127. The van der Waals surface area contributed by atoms with Crippen LogP contribution < -0.4 is 4.74 Å². The first-order valence-electron chi connectivity index (χ1n) is 4.80. The molecule has 0 N–H and O–H groups in total. The number of hydrogen-bond acceptors (Lipinski definition) is 6. The molecule has 0 aliphatic carbocycles. The number of rotatable bonds is 4. The van der Waals surface area contributed by atoms with E-state index >= 15 is 0 Å². The molecule has 0 fully saturated rings. The topological polar surface area (TPSA) is 91.6 Å². The maximum Gasteiger partial charge on any atom is 0.573 e. The number of nitrogens with zero attached hydrogens (tertiary/aromatic N) is 2. The molecule has 0 saturated carbocycles. The largest absolute Gasteiger partial charge is 0.573 e. The van der Waals surface area contributed by atoms with Crippen molar-refractivity contribution in [2.24, 2.45) is 0 Å². The number of esters is 1. The molecule has 11 heteroatoms. The number of aromatic nitrogens is 1. The zero-order valence-corrected chi connectivity index (χ0v) is 11.9. The standard InChI is InChI=1S/C9H6F3IN2O5/c1-19-6(16)2-4-7(20-9(10,11)12)5(15(17)18)3-14-8(4)13/h3H,2H2,1H3. The molecule has 20 heavy (non-hydrogen) atoms. The van der Waals surface area contributed by atoms with Crippen LogP contribution in [-0.2, 0) is 16.0 Å². The zero-order chi connectivity index (χ0) is 15.5. The van der Waals surface area contributed by atoms with Crippen LogP contribution in [0.15, 0.2) is 6.20 Å². The molecule has 0 spiro atoms. The molecule has 0 bridgehead atoms. The van der Waals surface area contributed by atoms with Gasteiger partial charge in [0.25, 0.3) is 0 Å². The van der Waals surface area contributed by atoms with E-state index in [9.17, 15) is 28.1 Å². The second kappa shape index (κ2) is 6.19. The summed E-state index contributed by atoms with van der Waals surface area (Å²) in [6.45, 7) is 0. The highest BCUT2D eigenvalue weighted by molar-refractivity contribution is 14.1. The molecule has 1 heterocycles. The molecule has 1 rings (SSSR count). The molecular formula is C9H6F3IN2O5. The zero-order valence-electron chi connectivity index (χ0n) is 9.73. The number of alkyl halides is 3. The molecule has 0 unspecified atom stereocenters. The normalized spacial score (nSPS) is 11.1. The Balaban J connectivity index is 3.41. The monoisotopic (exact) mass is 406 g/mol.